The number of fused-ring (bicyclic) bond motifs is 3. The van der Waals surface area contributed by atoms with E-state index in [2.05, 4.69) is 39.9 Å². The molecule has 0 aliphatic carbocycles. The summed E-state index contributed by atoms with van der Waals surface area (Å²) >= 11 is 1.43. The van der Waals surface area contributed by atoms with Crippen LogP contribution in [0, 0.1) is 0 Å². The molecule has 0 spiro atoms. The van der Waals surface area contributed by atoms with Gasteiger partial charge in [-0.2, -0.15) is 0 Å². The molecular formula is C33H31N3O5S. The Hall–Kier alpha value is -4.05. The van der Waals surface area contributed by atoms with Crippen LogP contribution in [0.1, 0.15) is 17.2 Å². The molecule has 0 saturated carbocycles. The summed E-state index contributed by atoms with van der Waals surface area (Å²) in [6, 6.07) is 21.3. The van der Waals surface area contributed by atoms with Crippen molar-refractivity contribution in [3.05, 3.63) is 94.4 Å². The zero-order chi connectivity index (χ0) is 28.8. The van der Waals surface area contributed by atoms with Crippen LogP contribution in [0.5, 0.6) is 5.75 Å². The lowest BCUT2D eigenvalue weighted by Gasteiger charge is -2.28. The van der Waals surface area contributed by atoms with E-state index >= 15 is 0 Å². The second-order valence-electron chi connectivity index (χ2n) is 10.8. The summed E-state index contributed by atoms with van der Waals surface area (Å²) in [6.07, 6.45) is 2.08. The lowest BCUT2D eigenvalue weighted by Crippen LogP contribution is -2.40. The Morgan fingerprint density at radius 2 is 1.74 bits per heavy atom. The molecule has 2 aromatic heterocycles. The third-order valence-corrected chi connectivity index (χ3v) is 9.48. The van der Waals surface area contributed by atoms with Crippen LogP contribution in [-0.2, 0) is 29.7 Å². The normalized spacial score (nSPS) is 17.1. The Labute approximate surface area is 247 Å². The quantitative estimate of drug-likeness (QED) is 0.279. The molecule has 0 unspecified atom stereocenters. The van der Waals surface area contributed by atoms with E-state index in [9.17, 15) is 14.7 Å². The second kappa shape index (κ2) is 11.0. The summed E-state index contributed by atoms with van der Waals surface area (Å²) in [5.41, 5.74) is 4.04. The van der Waals surface area contributed by atoms with E-state index in [1.165, 1.54) is 16.3 Å². The highest BCUT2D eigenvalue weighted by atomic mass is 32.2. The molecule has 1 fully saturated rings. The number of aromatic nitrogens is 2. The number of aryl methyl sites for hydroxylation is 1. The highest BCUT2D eigenvalue weighted by Crippen LogP contribution is 2.45. The molecule has 3 aromatic carbocycles. The first-order valence-corrected chi connectivity index (χ1v) is 15.1. The molecule has 2 aliphatic rings. The van der Waals surface area contributed by atoms with Crippen molar-refractivity contribution in [3.63, 3.8) is 0 Å². The Morgan fingerprint density at radius 1 is 1.00 bits per heavy atom. The van der Waals surface area contributed by atoms with Crippen LogP contribution in [0.4, 0.5) is 0 Å². The minimum Gasteiger partial charge on any atom is -0.488 e. The third kappa shape index (κ3) is 4.58. The van der Waals surface area contributed by atoms with Crippen molar-refractivity contribution in [1.29, 1.82) is 0 Å². The first-order valence-electron chi connectivity index (χ1n) is 14.1. The van der Waals surface area contributed by atoms with Crippen LogP contribution in [0.2, 0.25) is 0 Å². The fourth-order valence-electron chi connectivity index (χ4n) is 6.20. The van der Waals surface area contributed by atoms with E-state index in [4.69, 9.17) is 9.47 Å². The van der Waals surface area contributed by atoms with Crippen molar-refractivity contribution in [2.24, 2.45) is 7.05 Å². The summed E-state index contributed by atoms with van der Waals surface area (Å²) in [4.78, 5) is 28.9. The van der Waals surface area contributed by atoms with E-state index in [0.29, 0.717) is 49.2 Å². The Bertz CT molecular complexity index is 1880. The third-order valence-electron chi connectivity index (χ3n) is 8.32. The van der Waals surface area contributed by atoms with Crippen molar-refractivity contribution in [2.75, 3.05) is 32.1 Å². The standard InChI is InChI=1S/C33H31N3O5S/c1-34-17-24(23-10-4-5-11-27(23)34)30-26(19-41-29-12-6-8-21-7-2-3-9-22(21)29)25(18-35-13-15-40-16-14-35)31(37)36-28(33(38)39)20-42-32(30)36/h2-12,17,28H,13-16,18-20H2,1H3,(H,38,39)/t28-/m0/s1. The molecule has 8 nitrogen and oxygen atoms in total. The maximum Gasteiger partial charge on any atom is 0.327 e. The van der Waals surface area contributed by atoms with Gasteiger partial charge in [0, 0.05) is 77.2 Å². The van der Waals surface area contributed by atoms with E-state index in [1.807, 2.05) is 49.5 Å². The number of morpholine rings is 1. The van der Waals surface area contributed by atoms with Gasteiger partial charge in [-0.3, -0.25) is 14.3 Å². The maximum atomic E-state index is 14.3. The minimum atomic E-state index is -0.996. The largest absolute Gasteiger partial charge is 0.488 e. The van der Waals surface area contributed by atoms with Crippen molar-refractivity contribution in [2.45, 2.75) is 24.2 Å². The second-order valence-corrected chi connectivity index (χ2v) is 11.8. The van der Waals surface area contributed by atoms with Crippen molar-refractivity contribution in [3.8, 4) is 16.9 Å². The van der Waals surface area contributed by atoms with Crippen LogP contribution in [-0.4, -0.2) is 57.2 Å². The van der Waals surface area contributed by atoms with Gasteiger partial charge in [0.1, 0.15) is 18.4 Å². The number of aliphatic carboxylic acids is 1. The fraction of sp³-hybridized carbons (Fsp3) is 0.273. The molecule has 7 rings (SSSR count). The molecule has 214 valence electrons. The summed E-state index contributed by atoms with van der Waals surface area (Å²) in [6.45, 7) is 3.16. The summed E-state index contributed by atoms with van der Waals surface area (Å²) in [5.74, 6) is 0.0442. The average Bonchev–Trinajstić information content (AvgIpc) is 3.60. The number of hydrogen-bond donors (Lipinski definition) is 1. The number of carboxylic acids is 1. The molecular weight excluding hydrogens is 550 g/mol. The SMILES string of the molecule is Cn1cc(-c2c(COc3cccc4ccccc34)c(CN3CCOCC3)c(=O)n3c2SC[C@H]3C(=O)O)c2ccccc21. The molecule has 4 heterocycles. The van der Waals surface area contributed by atoms with Gasteiger partial charge in [0.05, 0.1) is 18.2 Å². The Morgan fingerprint density at radius 3 is 2.55 bits per heavy atom. The molecule has 9 heteroatoms. The van der Waals surface area contributed by atoms with Crippen molar-refractivity contribution in [1.82, 2.24) is 14.0 Å². The van der Waals surface area contributed by atoms with Gasteiger partial charge in [-0.25, -0.2) is 4.79 Å². The van der Waals surface area contributed by atoms with E-state index in [1.54, 1.807) is 0 Å². The topological polar surface area (TPSA) is 85.9 Å². The van der Waals surface area contributed by atoms with Gasteiger partial charge in [0.25, 0.3) is 5.56 Å². The molecule has 2 aliphatic heterocycles. The number of carboxylic acid groups (broad SMARTS) is 1. The first-order chi connectivity index (χ1) is 20.5. The van der Waals surface area contributed by atoms with Gasteiger partial charge in [0.2, 0.25) is 0 Å². The molecule has 5 aromatic rings. The van der Waals surface area contributed by atoms with Crippen LogP contribution in [0.15, 0.2) is 82.7 Å². The summed E-state index contributed by atoms with van der Waals surface area (Å²) in [7, 11) is 2.01. The van der Waals surface area contributed by atoms with Crippen molar-refractivity contribution >= 4 is 39.4 Å². The predicted molar refractivity (Wildman–Crippen MR) is 164 cm³/mol. The molecule has 0 bridgehead atoms. The molecule has 0 radical (unpaired) electrons. The highest BCUT2D eigenvalue weighted by molar-refractivity contribution is 7.99. The molecule has 1 atom stereocenters. The number of nitrogens with zero attached hydrogens (tertiary/aromatic N) is 3. The molecule has 1 N–H and O–H groups in total. The van der Waals surface area contributed by atoms with Crippen LogP contribution in [0.3, 0.4) is 0 Å². The number of benzene rings is 3. The van der Waals surface area contributed by atoms with Crippen LogP contribution in [0.25, 0.3) is 32.8 Å². The summed E-state index contributed by atoms with van der Waals surface area (Å²) in [5, 5.41) is 13.9. The molecule has 1 saturated heterocycles. The monoisotopic (exact) mass is 581 g/mol. The lowest BCUT2D eigenvalue weighted by molar-refractivity contribution is -0.140. The van der Waals surface area contributed by atoms with Gasteiger partial charge in [-0.1, -0.05) is 54.6 Å². The number of pyridine rings is 1. The van der Waals surface area contributed by atoms with Crippen molar-refractivity contribution < 1.29 is 19.4 Å². The van der Waals surface area contributed by atoms with Crippen LogP contribution >= 0.6 is 11.8 Å². The predicted octanol–water partition coefficient (Wildman–Crippen LogP) is 5.30. The number of ether oxygens (including phenoxy) is 2. The van der Waals surface area contributed by atoms with E-state index in [0.717, 1.165) is 44.1 Å². The molecule has 42 heavy (non-hydrogen) atoms. The Balaban J connectivity index is 1.47. The van der Waals surface area contributed by atoms with Gasteiger partial charge in [-0.15, -0.1) is 11.8 Å². The minimum absolute atomic E-state index is 0.174. The number of rotatable bonds is 7. The number of thioether (sulfide) groups is 1. The van der Waals surface area contributed by atoms with Gasteiger partial charge < -0.3 is 19.1 Å². The zero-order valence-electron chi connectivity index (χ0n) is 23.3. The van der Waals surface area contributed by atoms with Crippen LogP contribution < -0.4 is 10.3 Å². The number of hydrogen-bond acceptors (Lipinski definition) is 6. The lowest BCUT2D eigenvalue weighted by atomic mass is 9.96. The maximum absolute atomic E-state index is 14.3. The van der Waals surface area contributed by atoms with Gasteiger partial charge >= 0.3 is 5.97 Å². The average molecular weight is 582 g/mol. The van der Waals surface area contributed by atoms with Gasteiger partial charge in [-0.05, 0) is 17.5 Å². The number of para-hydroxylation sites is 1. The van der Waals surface area contributed by atoms with Gasteiger partial charge in [0.15, 0.2) is 0 Å². The fourth-order valence-corrected chi connectivity index (χ4v) is 7.54. The first kappa shape index (κ1) is 26.8. The number of carbonyl (C=O) groups is 1. The molecule has 0 amide bonds. The highest BCUT2D eigenvalue weighted by Gasteiger charge is 2.36. The zero-order valence-corrected chi connectivity index (χ0v) is 24.1. The van der Waals surface area contributed by atoms with E-state index < -0.39 is 12.0 Å². The Kier molecular flexibility index (Phi) is 7.01. The smallest absolute Gasteiger partial charge is 0.327 e. The summed E-state index contributed by atoms with van der Waals surface area (Å²) < 4.78 is 15.8. The van der Waals surface area contributed by atoms with E-state index in [-0.39, 0.29) is 12.2 Å².